The molecule has 4 aromatic rings. The summed E-state index contributed by atoms with van der Waals surface area (Å²) in [6.07, 6.45) is 5.24. The van der Waals surface area contributed by atoms with Crippen LogP contribution in [0.15, 0.2) is 58.5 Å². The average molecular weight is 478 g/mol. The number of aromatic nitrogens is 3. The van der Waals surface area contributed by atoms with Gasteiger partial charge < -0.3 is 0 Å². The van der Waals surface area contributed by atoms with Crippen LogP contribution in [0.4, 0.5) is 8.78 Å². The van der Waals surface area contributed by atoms with Crippen LogP contribution in [-0.4, -0.2) is 14.2 Å². The first-order chi connectivity index (χ1) is 14.9. The molecule has 31 heavy (non-hydrogen) atoms. The van der Waals surface area contributed by atoms with Crippen molar-refractivity contribution >= 4 is 40.6 Å². The number of hydrogen-bond acceptors (Lipinski definition) is 3. The number of benzene rings is 2. The molecule has 2 heterocycles. The predicted octanol–water partition coefficient (Wildman–Crippen LogP) is 6.38. The molecule has 0 radical (unpaired) electrons. The standard InChI is InChI=1S/C22H15Cl2F2N3OS/c23-16-2-1-3-17(24)19(16)20-21-27-9-15(10-28(21)29(22(20)30)14-6-7-14)31-11-12-4-5-13(25)8-18(12)26/h1-5,8-10,14H,6-7,11H2. The predicted molar refractivity (Wildman–Crippen MR) is 119 cm³/mol. The van der Waals surface area contributed by atoms with Crippen molar-refractivity contribution in [2.75, 3.05) is 0 Å². The monoisotopic (exact) mass is 477 g/mol. The molecule has 2 aromatic carbocycles. The van der Waals surface area contributed by atoms with Crippen LogP contribution in [0, 0.1) is 11.6 Å². The van der Waals surface area contributed by atoms with Gasteiger partial charge in [0.15, 0.2) is 5.65 Å². The molecule has 0 bridgehead atoms. The van der Waals surface area contributed by atoms with E-state index in [1.165, 1.54) is 23.9 Å². The van der Waals surface area contributed by atoms with Gasteiger partial charge in [0.1, 0.15) is 11.6 Å². The van der Waals surface area contributed by atoms with Crippen molar-refractivity contribution in [1.82, 2.24) is 14.2 Å². The summed E-state index contributed by atoms with van der Waals surface area (Å²) in [6.45, 7) is 0. The summed E-state index contributed by atoms with van der Waals surface area (Å²) in [7, 11) is 0. The number of halogens is 4. The number of fused-ring (bicyclic) bond motifs is 1. The van der Waals surface area contributed by atoms with Gasteiger partial charge in [-0.05, 0) is 36.6 Å². The molecule has 0 aliphatic heterocycles. The van der Waals surface area contributed by atoms with Gasteiger partial charge in [-0.2, -0.15) is 0 Å². The molecule has 1 aliphatic rings. The Morgan fingerprint density at radius 1 is 1.10 bits per heavy atom. The van der Waals surface area contributed by atoms with Gasteiger partial charge >= 0.3 is 0 Å². The van der Waals surface area contributed by atoms with E-state index in [0.29, 0.717) is 38.1 Å². The summed E-state index contributed by atoms with van der Waals surface area (Å²) in [4.78, 5) is 18.6. The Bertz CT molecular complexity index is 1360. The summed E-state index contributed by atoms with van der Waals surface area (Å²) in [5.74, 6) is -0.897. The van der Waals surface area contributed by atoms with Crippen LogP contribution in [0.25, 0.3) is 16.8 Å². The normalized spacial score (nSPS) is 13.8. The first kappa shape index (κ1) is 20.5. The average Bonchev–Trinajstić information content (AvgIpc) is 3.52. The minimum Gasteiger partial charge on any atom is -0.267 e. The maximum absolute atomic E-state index is 14.0. The molecular weight excluding hydrogens is 463 g/mol. The van der Waals surface area contributed by atoms with Crippen LogP contribution in [0.1, 0.15) is 24.4 Å². The van der Waals surface area contributed by atoms with E-state index < -0.39 is 11.6 Å². The highest BCUT2D eigenvalue weighted by molar-refractivity contribution is 7.98. The van der Waals surface area contributed by atoms with Crippen molar-refractivity contribution in [3.63, 3.8) is 0 Å². The van der Waals surface area contributed by atoms with Crippen molar-refractivity contribution in [3.8, 4) is 11.1 Å². The number of hydrogen-bond donors (Lipinski definition) is 0. The van der Waals surface area contributed by atoms with Crippen LogP contribution in [0.5, 0.6) is 0 Å². The molecule has 4 nitrogen and oxygen atoms in total. The van der Waals surface area contributed by atoms with Crippen LogP contribution in [-0.2, 0) is 5.75 Å². The zero-order valence-corrected chi connectivity index (χ0v) is 18.3. The second-order valence-electron chi connectivity index (χ2n) is 7.33. The molecule has 0 N–H and O–H groups in total. The van der Waals surface area contributed by atoms with Crippen molar-refractivity contribution in [2.24, 2.45) is 0 Å². The molecule has 1 fully saturated rings. The van der Waals surface area contributed by atoms with E-state index in [1.807, 2.05) is 6.20 Å². The molecule has 1 saturated carbocycles. The molecule has 158 valence electrons. The Labute approximate surface area is 190 Å². The number of nitrogens with zero attached hydrogens (tertiary/aromatic N) is 3. The second-order valence-corrected chi connectivity index (χ2v) is 9.20. The van der Waals surface area contributed by atoms with E-state index in [9.17, 15) is 13.6 Å². The molecule has 0 amide bonds. The zero-order valence-electron chi connectivity index (χ0n) is 16.0. The van der Waals surface area contributed by atoms with Crippen LogP contribution >= 0.6 is 35.0 Å². The fraction of sp³-hybridized carbons (Fsp3) is 0.182. The van der Waals surface area contributed by atoms with Crippen LogP contribution in [0.2, 0.25) is 10.0 Å². The Balaban J connectivity index is 1.59. The van der Waals surface area contributed by atoms with Crippen LogP contribution < -0.4 is 5.56 Å². The maximum atomic E-state index is 14.0. The topological polar surface area (TPSA) is 39.3 Å². The first-order valence-corrected chi connectivity index (χ1v) is 11.3. The van der Waals surface area contributed by atoms with Gasteiger partial charge in [-0.15, -0.1) is 11.8 Å². The molecule has 1 aliphatic carbocycles. The third-order valence-corrected chi connectivity index (χ3v) is 6.80. The fourth-order valence-electron chi connectivity index (χ4n) is 3.54. The quantitative estimate of drug-likeness (QED) is 0.313. The summed E-state index contributed by atoms with van der Waals surface area (Å²) in [6, 6.07) is 8.72. The molecule has 2 aromatic heterocycles. The van der Waals surface area contributed by atoms with Gasteiger partial charge in [-0.25, -0.2) is 23.0 Å². The third kappa shape index (κ3) is 3.75. The summed E-state index contributed by atoms with van der Waals surface area (Å²) in [5, 5.41) is 0.763. The molecule has 0 saturated heterocycles. The number of thioether (sulfide) groups is 1. The SMILES string of the molecule is O=c1c(-c2c(Cl)cccc2Cl)c2ncc(SCc3ccc(F)cc3F)cn2n1C1CC1. The smallest absolute Gasteiger partial charge is 0.267 e. The van der Waals surface area contributed by atoms with Gasteiger partial charge in [-0.1, -0.05) is 35.3 Å². The molecule has 0 spiro atoms. The van der Waals surface area contributed by atoms with Gasteiger partial charge in [0, 0.05) is 34.7 Å². The maximum Gasteiger partial charge on any atom is 0.277 e. The van der Waals surface area contributed by atoms with E-state index in [1.54, 1.807) is 33.6 Å². The van der Waals surface area contributed by atoms with E-state index in [0.717, 1.165) is 23.8 Å². The van der Waals surface area contributed by atoms with Crippen molar-refractivity contribution in [2.45, 2.75) is 29.5 Å². The largest absolute Gasteiger partial charge is 0.277 e. The Morgan fingerprint density at radius 2 is 1.84 bits per heavy atom. The minimum absolute atomic E-state index is 0.0895. The Hall–Kier alpha value is -2.35. The lowest BCUT2D eigenvalue weighted by Crippen LogP contribution is -2.19. The van der Waals surface area contributed by atoms with Crippen LogP contribution in [0.3, 0.4) is 0 Å². The van der Waals surface area contributed by atoms with E-state index in [-0.39, 0.29) is 11.6 Å². The summed E-state index contributed by atoms with van der Waals surface area (Å²) < 4.78 is 30.5. The molecule has 0 atom stereocenters. The third-order valence-electron chi connectivity index (χ3n) is 5.17. The highest BCUT2D eigenvalue weighted by atomic mass is 35.5. The number of rotatable bonds is 5. The van der Waals surface area contributed by atoms with Crippen molar-refractivity contribution in [3.05, 3.63) is 86.4 Å². The van der Waals surface area contributed by atoms with Gasteiger partial charge in [0.05, 0.1) is 21.7 Å². The highest BCUT2D eigenvalue weighted by Gasteiger charge is 2.31. The van der Waals surface area contributed by atoms with E-state index in [4.69, 9.17) is 23.2 Å². The van der Waals surface area contributed by atoms with Gasteiger partial charge in [0.25, 0.3) is 5.56 Å². The summed E-state index contributed by atoms with van der Waals surface area (Å²) >= 11 is 14.1. The lowest BCUT2D eigenvalue weighted by Gasteiger charge is -2.07. The van der Waals surface area contributed by atoms with Crippen molar-refractivity contribution < 1.29 is 8.78 Å². The lowest BCUT2D eigenvalue weighted by molar-refractivity contribution is 0.573. The Morgan fingerprint density at radius 3 is 2.52 bits per heavy atom. The van der Waals surface area contributed by atoms with E-state index in [2.05, 4.69) is 4.98 Å². The lowest BCUT2D eigenvalue weighted by atomic mass is 10.1. The molecular formula is C22H15Cl2F2N3OS. The summed E-state index contributed by atoms with van der Waals surface area (Å²) in [5.41, 5.74) is 1.49. The van der Waals surface area contributed by atoms with E-state index >= 15 is 0 Å². The fourth-order valence-corrected chi connectivity index (χ4v) is 4.99. The first-order valence-electron chi connectivity index (χ1n) is 9.58. The van der Waals surface area contributed by atoms with Gasteiger partial charge in [-0.3, -0.25) is 4.79 Å². The van der Waals surface area contributed by atoms with Gasteiger partial charge in [0.2, 0.25) is 0 Å². The second kappa shape index (κ2) is 7.97. The molecule has 9 heteroatoms. The van der Waals surface area contributed by atoms with Crippen molar-refractivity contribution in [1.29, 1.82) is 0 Å². The molecule has 0 unspecified atom stereocenters. The zero-order chi connectivity index (χ0) is 21.7. The minimum atomic E-state index is -0.610. The molecule has 5 rings (SSSR count). The Kier molecular flexibility index (Phi) is 5.28. The highest BCUT2D eigenvalue weighted by Crippen LogP contribution is 2.39.